The molecule has 25 heavy (non-hydrogen) atoms. The van der Waals surface area contributed by atoms with Crippen molar-refractivity contribution in [3.63, 3.8) is 0 Å². The van der Waals surface area contributed by atoms with Gasteiger partial charge in [-0.05, 0) is 18.6 Å². The number of nitrogens with zero attached hydrogens (tertiary/aromatic N) is 1. The van der Waals surface area contributed by atoms with Crippen molar-refractivity contribution in [2.24, 2.45) is 0 Å². The normalized spacial score (nSPS) is 10.4. The molecule has 1 heterocycles. The molecule has 0 atom stereocenters. The highest BCUT2D eigenvalue weighted by Gasteiger charge is 2.16. The molecule has 1 aromatic heterocycles. The molecule has 2 aromatic rings. The van der Waals surface area contributed by atoms with E-state index in [1.54, 1.807) is 0 Å². The molecule has 0 saturated heterocycles. The third-order valence-corrected chi connectivity index (χ3v) is 4.24. The standard InChI is InChI=1S/C16H17ClN2O5S/c1-3-4-24-14-10(17)5-9(6-12(14)23-2)15(20)18-7-13-19-11(8-25-13)16(21)22/h5-6,8H,3-4,7H2,1-2H3,(H,18,20)(H,21,22). The Bertz CT molecular complexity index is 778. The summed E-state index contributed by atoms with van der Waals surface area (Å²) in [5.74, 6) is -0.718. The van der Waals surface area contributed by atoms with Gasteiger partial charge in [0, 0.05) is 10.9 Å². The summed E-state index contributed by atoms with van der Waals surface area (Å²) in [5, 5.41) is 13.7. The van der Waals surface area contributed by atoms with Crippen LogP contribution in [-0.2, 0) is 6.54 Å². The summed E-state index contributed by atoms with van der Waals surface area (Å²) in [6.45, 7) is 2.57. The lowest BCUT2D eigenvalue weighted by atomic mass is 10.2. The number of carboxylic acid groups (broad SMARTS) is 1. The molecule has 2 rings (SSSR count). The lowest BCUT2D eigenvalue weighted by molar-refractivity contribution is 0.0691. The van der Waals surface area contributed by atoms with Crippen molar-refractivity contribution in [3.05, 3.63) is 38.8 Å². The number of carbonyl (C=O) groups excluding carboxylic acids is 1. The Balaban J connectivity index is 2.10. The Labute approximate surface area is 153 Å². The van der Waals surface area contributed by atoms with Gasteiger partial charge in [0.25, 0.3) is 5.91 Å². The number of aromatic nitrogens is 1. The summed E-state index contributed by atoms with van der Waals surface area (Å²) < 4.78 is 10.8. The number of methoxy groups -OCH3 is 1. The molecule has 9 heteroatoms. The average Bonchev–Trinajstić information content (AvgIpc) is 3.07. The lowest BCUT2D eigenvalue weighted by Crippen LogP contribution is -2.23. The number of benzene rings is 1. The molecule has 0 fully saturated rings. The molecule has 1 amide bonds. The van der Waals surface area contributed by atoms with Gasteiger partial charge in [0.05, 0.1) is 25.3 Å². The number of halogens is 1. The third kappa shape index (κ3) is 4.83. The van der Waals surface area contributed by atoms with Crippen LogP contribution in [0.1, 0.15) is 39.2 Å². The molecule has 0 unspecified atom stereocenters. The zero-order valence-electron chi connectivity index (χ0n) is 13.7. The molecule has 134 valence electrons. The Morgan fingerprint density at radius 1 is 1.40 bits per heavy atom. The zero-order valence-corrected chi connectivity index (χ0v) is 15.2. The number of thiazole rings is 1. The highest BCUT2D eigenvalue weighted by molar-refractivity contribution is 7.09. The van der Waals surface area contributed by atoms with Crippen LogP contribution in [0.2, 0.25) is 5.02 Å². The summed E-state index contributed by atoms with van der Waals surface area (Å²) in [6.07, 6.45) is 0.813. The maximum absolute atomic E-state index is 12.3. The van der Waals surface area contributed by atoms with Crippen molar-refractivity contribution < 1.29 is 24.2 Å². The van der Waals surface area contributed by atoms with Crippen molar-refractivity contribution in [2.45, 2.75) is 19.9 Å². The summed E-state index contributed by atoms with van der Waals surface area (Å²) in [5.41, 5.74) is 0.261. The van der Waals surface area contributed by atoms with Crippen LogP contribution in [0, 0.1) is 0 Å². The third-order valence-electron chi connectivity index (χ3n) is 3.11. The largest absolute Gasteiger partial charge is 0.493 e. The Kier molecular flexibility index (Phi) is 6.60. The number of aromatic carboxylic acids is 1. The van der Waals surface area contributed by atoms with Crippen molar-refractivity contribution in [1.29, 1.82) is 0 Å². The van der Waals surface area contributed by atoms with Crippen LogP contribution in [0.25, 0.3) is 0 Å². The quantitative estimate of drug-likeness (QED) is 0.725. The molecule has 0 aliphatic carbocycles. The van der Waals surface area contributed by atoms with Crippen molar-refractivity contribution >= 4 is 34.8 Å². The molecular formula is C16H17ClN2O5S. The van der Waals surface area contributed by atoms with Gasteiger partial charge in [0.15, 0.2) is 17.2 Å². The molecule has 0 radical (unpaired) electrons. The van der Waals surface area contributed by atoms with Crippen LogP contribution in [0.5, 0.6) is 11.5 Å². The molecule has 0 bridgehead atoms. The van der Waals surface area contributed by atoms with Gasteiger partial charge in [-0.2, -0.15) is 0 Å². The molecular weight excluding hydrogens is 368 g/mol. The topological polar surface area (TPSA) is 97.8 Å². The van der Waals surface area contributed by atoms with E-state index in [0.29, 0.717) is 28.7 Å². The lowest BCUT2D eigenvalue weighted by Gasteiger charge is -2.13. The van der Waals surface area contributed by atoms with E-state index in [-0.39, 0.29) is 23.2 Å². The van der Waals surface area contributed by atoms with Gasteiger partial charge in [-0.25, -0.2) is 9.78 Å². The van der Waals surface area contributed by atoms with Crippen molar-refractivity contribution in [1.82, 2.24) is 10.3 Å². The summed E-state index contributed by atoms with van der Waals surface area (Å²) in [4.78, 5) is 27.0. The second kappa shape index (κ2) is 8.68. The fraction of sp³-hybridized carbons (Fsp3) is 0.312. The second-order valence-electron chi connectivity index (χ2n) is 4.95. The van der Waals surface area contributed by atoms with Gasteiger partial charge in [0.2, 0.25) is 0 Å². The van der Waals surface area contributed by atoms with Crippen molar-refractivity contribution in [2.75, 3.05) is 13.7 Å². The van der Waals surface area contributed by atoms with E-state index in [9.17, 15) is 9.59 Å². The zero-order chi connectivity index (χ0) is 18.4. The van der Waals surface area contributed by atoms with Gasteiger partial charge < -0.3 is 19.9 Å². The number of nitrogens with one attached hydrogen (secondary N) is 1. The Morgan fingerprint density at radius 3 is 2.76 bits per heavy atom. The van der Waals surface area contributed by atoms with E-state index in [1.807, 2.05) is 6.92 Å². The van der Waals surface area contributed by atoms with E-state index in [1.165, 1.54) is 24.6 Å². The minimum Gasteiger partial charge on any atom is -0.493 e. The first-order chi connectivity index (χ1) is 12.0. The Morgan fingerprint density at radius 2 is 2.16 bits per heavy atom. The van der Waals surface area contributed by atoms with Gasteiger partial charge in [0.1, 0.15) is 5.01 Å². The highest BCUT2D eigenvalue weighted by Crippen LogP contribution is 2.36. The van der Waals surface area contributed by atoms with Gasteiger partial charge >= 0.3 is 5.97 Å². The van der Waals surface area contributed by atoms with E-state index >= 15 is 0 Å². The van der Waals surface area contributed by atoms with Gasteiger partial charge in [-0.1, -0.05) is 18.5 Å². The number of carbonyl (C=O) groups is 2. The molecule has 2 N–H and O–H groups in total. The monoisotopic (exact) mass is 384 g/mol. The van der Waals surface area contributed by atoms with Crippen LogP contribution in [-0.4, -0.2) is 35.7 Å². The number of hydrogen-bond acceptors (Lipinski definition) is 6. The van der Waals surface area contributed by atoms with E-state index < -0.39 is 5.97 Å². The maximum Gasteiger partial charge on any atom is 0.355 e. The predicted octanol–water partition coefficient (Wildman–Crippen LogP) is 3.22. The smallest absolute Gasteiger partial charge is 0.355 e. The van der Waals surface area contributed by atoms with Crippen LogP contribution < -0.4 is 14.8 Å². The minimum absolute atomic E-state index is 0.0450. The van der Waals surface area contributed by atoms with E-state index in [0.717, 1.165) is 17.8 Å². The molecule has 1 aromatic carbocycles. The van der Waals surface area contributed by atoms with Gasteiger partial charge in [-0.15, -0.1) is 11.3 Å². The van der Waals surface area contributed by atoms with E-state index in [4.69, 9.17) is 26.2 Å². The van der Waals surface area contributed by atoms with Crippen molar-refractivity contribution in [3.8, 4) is 11.5 Å². The summed E-state index contributed by atoms with van der Waals surface area (Å²) >= 11 is 7.35. The Hall–Kier alpha value is -2.32. The predicted molar refractivity (Wildman–Crippen MR) is 94.0 cm³/mol. The number of rotatable bonds is 8. The molecule has 0 saturated carbocycles. The second-order valence-corrected chi connectivity index (χ2v) is 6.30. The number of amides is 1. The van der Waals surface area contributed by atoms with Gasteiger partial charge in [-0.3, -0.25) is 4.79 Å². The van der Waals surface area contributed by atoms with Crippen LogP contribution in [0.4, 0.5) is 0 Å². The number of ether oxygens (including phenoxy) is 2. The van der Waals surface area contributed by atoms with Crippen LogP contribution in [0.3, 0.4) is 0 Å². The fourth-order valence-electron chi connectivity index (χ4n) is 1.94. The summed E-state index contributed by atoms with van der Waals surface area (Å²) in [7, 11) is 1.47. The number of carboxylic acids is 1. The van der Waals surface area contributed by atoms with E-state index in [2.05, 4.69) is 10.3 Å². The minimum atomic E-state index is -1.10. The molecule has 7 nitrogen and oxygen atoms in total. The highest BCUT2D eigenvalue weighted by atomic mass is 35.5. The molecule has 0 aliphatic rings. The average molecular weight is 385 g/mol. The summed E-state index contributed by atoms with van der Waals surface area (Å²) in [6, 6.07) is 3.03. The first kappa shape index (κ1) is 19.0. The molecule has 0 spiro atoms. The SMILES string of the molecule is CCCOc1c(Cl)cc(C(=O)NCc2nc(C(=O)O)cs2)cc1OC. The first-order valence-electron chi connectivity index (χ1n) is 7.42. The first-order valence-corrected chi connectivity index (χ1v) is 8.68. The molecule has 0 aliphatic heterocycles. The fourth-order valence-corrected chi connectivity index (χ4v) is 2.92. The van der Waals surface area contributed by atoms with Crippen LogP contribution >= 0.6 is 22.9 Å². The van der Waals surface area contributed by atoms with Crippen LogP contribution in [0.15, 0.2) is 17.5 Å². The number of hydrogen-bond donors (Lipinski definition) is 2. The maximum atomic E-state index is 12.3.